The van der Waals surface area contributed by atoms with E-state index >= 15 is 0 Å². The summed E-state index contributed by atoms with van der Waals surface area (Å²) in [7, 11) is 1.63. The predicted octanol–water partition coefficient (Wildman–Crippen LogP) is 5.06. The van der Waals surface area contributed by atoms with Crippen LogP contribution in [0.2, 0.25) is 0 Å². The summed E-state index contributed by atoms with van der Waals surface area (Å²) < 4.78 is 14.7. The largest absolute Gasteiger partial charge is 0.497 e. The lowest BCUT2D eigenvalue weighted by Crippen LogP contribution is -2.19. The zero-order chi connectivity index (χ0) is 24.5. The van der Waals surface area contributed by atoms with Gasteiger partial charge in [0.05, 0.1) is 24.1 Å². The van der Waals surface area contributed by atoms with Crippen LogP contribution in [0, 0.1) is 20.8 Å². The van der Waals surface area contributed by atoms with E-state index in [1.807, 2.05) is 86.1 Å². The molecule has 0 aliphatic rings. The van der Waals surface area contributed by atoms with E-state index in [2.05, 4.69) is 0 Å². The molecule has 0 fully saturated rings. The van der Waals surface area contributed by atoms with Crippen LogP contribution in [0.3, 0.4) is 0 Å². The smallest absolute Gasteiger partial charge is 0.267 e. The second-order valence-electron chi connectivity index (χ2n) is 8.44. The Kier molecular flexibility index (Phi) is 5.82. The van der Waals surface area contributed by atoms with Crippen molar-refractivity contribution in [1.29, 1.82) is 0 Å². The highest BCUT2D eigenvalue weighted by molar-refractivity contribution is 5.65. The monoisotopic (exact) mass is 466 g/mol. The molecule has 7 heteroatoms. The third-order valence-corrected chi connectivity index (χ3v) is 6.10. The highest BCUT2D eigenvalue weighted by atomic mass is 16.5. The van der Waals surface area contributed by atoms with Gasteiger partial charge >= 0.3 is 0 Å². The summed E-state index contributed by atoms with van der Waals surface area (Å²) in [5.74, 6) is 1.33. The fourth-order valence-electron chi connectivity index (χ4n) is 4.16. The number of ether oxygens (including phenoxy) is 2. The van der Waals surface area contributed by atoms with Crippen molar-refractivity contribution in [3.05, 3.63) is 106 Å². The molecule has 0 saturated heterocycles. The van der Waals surface area contributed by atoms with Gasteiger partial charge in [-0.05, 0) is 74.4 Å². The van der Waals surface area contributed by atoms with Gasteiger partial charge in [0.25, 0.3) is 5.56 Å². The Hall–Kier alpha value is -4.39. The Bertz CT molecular complexity index is 1580. The van der Waals surface area contributed by atoms with Gasteiger partial charge in [0.1, 0.15) is 18.1 Å². The summed E-state index contributed by atoms with van der Waals surface area (Å²) in [4.78, 5) is 18.3. The fraction of sp³-hybridized carbons (Fsp3) is 0.179. The third-order valence-electron chi connectivity index (χ3n) is 6.10. The number of hydrogen-bond donors (Lipinski definition) is 0. The Morgan fingerprint density at radius 1 is 0.943 bits per heavy atom. The molecule has 3 heterocycles. The minimum Gasteiger partial charge on any atom is -0.497 e. The molecule has 0 radical (unpaired) electrons. The lowest BCUT2D eigenvalue weighted by molar-refractivity contribution is 0.307. The predicted molar refractivity (Wildman–Crippen MR) is 136 cm³/mol. The van der Waals surface area contributed by atoms with Crippen molar-refractivity contribution in [2.75, 3.05) is 7.11 Å². The molecule has 35 heavy (non-hydrogen) atoms. The van der Waals surface area contributed by atoms with E-state index in [-0.39, 0.29) is 5.56 Å². The molecular weight excluding hydrogens is 440 g/mol. The number of rotatable bonds is 6. The molecule has 0 amide bonds. The maximum atomic E-state index is 13.6. The molecule has 0 aliphatic carbocycles. The molecule has 0 N–H and O–H groups in total. The van der Waals surface area contributed by atoms with Crippen LogP contribution in [0.4, 0.5) is 0 Å². The first-order chi connectivity index (χ1) is 17.0. The van der Waals surface area contributed by atoms with E-state index in [1.165, 1.54) is 4.40 Å². The van der Waals surface area contributed by atoms with Crippen molar-refractivity contribution in [2.24, 2.45) is 0 Å². The second-order valence-corrected chi connectivity index (χ2v) is 8.44. The summed E-state index contributed by atoms with van der Waals surface area (Å²) in [5.41, 5.74) is 5.97. The molecule has 0 saturated carbocycles. The molecule has 176 valence electrons. The number of benzene rings is 2. The highest BCUT2D eigenvalue weighted by Gasteiger charge is 2.18. The SMILES string of the molecule is COc1ccc(-n2nc(-c3c(C)nc4c(OCc5ccccc5C)cccn4c3=O)cc2C)cc1. The van der Waals surface area contributed by atoms with Crippen molar-refractivity contribution in [1.82, 2.24) is 19.2 Å². The van der Waals surface area contributed by atoms with Crippen molar-refractivity contribution < 1.29 is 9.47 Å². The minimum absolute atomic E-state index is 0.187. The highest BCUT2D eigenvalue weighted by Crippen LogP contribution is 2.25. The molecule has 2 aromatic carbocycles. The zero-order valence-corrected chi connectivity index (χ0v) is 20.1. The molecule has 7 nitrogen and oxygen atoms in total. The topological polar surface area (TPSA) is 70.7 Å². The van der Waals surface area contributed by atoms with Crippen LogP contribution in [-0.4, -0.2) is 26.3 Å². The van der Waals surface area contributed by atoms with Crippen molar-refractivity contribution >= 4 is 5.65 Å². The van der Waals surface area contributed by atoms with Crippen LogP contribution in [0.25, 0.3) is 22.6 Å². The van der Waals surface area contributed by atoms with Crippen molar-refractivity contribution in [3.8, 4) is 28.4 Å². The molecule has 3 aromatic heterocycles. The van der Waals surface area contributed by atoms with E-state index in [4.69, 9.17) is 19.6 Å². The quantitative estimate of drug-likeness (QED) is 0.350. The Balaban J connectivity index is 1.54. The Morgan fingerprint density at radius 3 is 2.46 bits per heavy atom. The van der Waals surface area contributed by atoms with Gasteiger partial charge in [-0.15, -0.1) is 0 Å². The first-order valence-corrected chi connectivity index (χ1v) is 11.4. The minimum atomic E-state index is -0.187. The van der Waals surface area contributed by atoms with Crippen LogP contribution in [-0.2, 0) is 6.61 Å². The molecule has 5 rings (SSSR count). The summed E-state index contributed by atoms with van der Waals surface area (Å²) in [5, 5.41) is 4.73. The summed E-state index contributed by atoms with van der Waals surface area (Å²) in [6.07, 6.45) is 1.71. The lowest BCUT2D eigenvalue weighted by Gasteiger charge is -2.12. The van der Waals surface area contributed by atoms with Gasteiger partial charge in [-0.3, -0.25) is 9.20 Å². The van der Waals surface area contributed by atoms with Crippen LogP contribution < -0.4 is 15.0 Å². The van der Waals surface area contributed by atoms with Crippen LogP contribution in [0.5, 0.6) is 11.5 Å². The molecule has 0 bridgehead atoms. The van der Waals surface area contributed by atoms with Gasteiger partial charge in [-0.1, -0.05) is 24.3 Å². The molecule has 0 aliphatic heterocycles. The van der Waals surface area contributed by atoms with Crippen molar-refractivity contribution in [3.63, 3.8) is 0 Å². The van der Waals surface area contributed by atoms with Crippen LogP contribution in [0.15, 0.2) is 77.7 Å². The van der Waals surface area contributed by atoms with E-state index in [9.17, 15) is 4.79 Å². The van der Waals surface area contributed by atoms with Crippen LogP contribution >= 0.6 is 0 Å². The molecule has 0 atom stereocenters. The van der Waals surface area contributed by atoms with E-state index in [0.29, 0.717) is 35.0 Å². The first-order valence-electron chi connectivity index (χ1n) is 11.4. The van der Waals surface area contributed by atoms with Crippen LogP contribution in [0.1, 0.15) is 22.5 Å². The average Bonchev–Trinajstić information content (AvgIpc) is 3.24. The molecule has 0 spiro atoms. The summed E-state index contributed by atoms with van der Waals surface area (Å²) in [6.45, 7) is 6.23. The Morgan fingerprint density at radius 2 is 1.71 bits per heavy atom. The van der Waals surface area contributed by atoms with Gasteiger partial charge in [0.15, 0.2) is 11.4 Å². The molecule has 0 unspecified atom stereocenters. The third kappa shape index (κ3) is 4.17. The average molecular weight is 467 g/mol. The van der Waals surface area contributed by atoms with Gasteiger partial charge in [0.2, 0.25) is 0 Å². The Labute approximate surface area is 203 Å². The lowest BCUT2D eigenvalue weighted by atomic mass is 10.1. The second kappa shape index (κ2) is 9.10. The number of fused-ring (bicyclic) bond motifs is 1. The number of aromatic nitrogens is 4. The van der Waals surface area contributed by atoms with Gasteiger partial charge in [-0.25, -0.2) is 9.67 Å². The maximum absolute atomic E-state index is 13.6. The van der Waals surface area contributed by atoms with Gasteiger partial charge in [-0.2, -0.15) is 5.10 Å². The summed E-state index contributed by atoms with van der Waals surface area (Å²) in [6, 6.07) is 21.2. The fourth-order valence-corrected chi connectivity index (χ4v) is 4.16. The number of methoxy groups -OCH3 is 1. The van der Waals surface area contributed by atoms with Crippen molar-refractivity contribution in [2.45, 2.75) is 27.4 Å². The number of aryl methyl sites for hydroxylation is 3. The first kappa shape index (κ1) is 22.4. The van der Waals surface area contributed by atoms with Gasteiger partial charge in [0, 0.05) is 11.9 Å². The molecular formula is C28H26N4O3. The number of pyridine rings is 1. The van der Waals surface area contributed by atoms with E-state index < -0.39 is 0 Å². The molecule has 5 aromatic rings. The zero-order valence-electron chi connectivity index (χ0n) is 20.1. The standard InChI is InChI=1S/C28H26N4O3/c1-18-8-5-6-9-21(18)17-35-25-10-7-15-31-27(25)29-20(3)26(28(31)33)24-16-19(2)32(30-24)22-11-13-23(34-4)14-12-22/h5-16H,17H2,1-4H3. The maximum Gasteiger partial charge on any atom is 0.267 e. The number of hydrogen-bond acceptors (Lipinski definition) is 5. The van der Waals surface area contributed by atoms with E-state index in [1.54, 1.807) is 19.4 Å². The normalized spacial score (nSPS) is 11.1. The van der Waals surface area contributed by atoms with E-state index in [0.717, 1.165) is 28.3 Å². The number of nitrogens with zero attached hydrogens (tertiary/aromatic N) is 4. The summed E-state index contributed by atoms with van der Waals surface area (Å²) >= 11 is 0. The van der Waals surface area contributed by atoms with Gasteiger partial charge < -0.3 is 9.47 Å².